The van der Waals surface area contributed by atoms with Crippen molar-refractivity contribution in [2.24, 2.45) is 0 Å². The number of nitrogens with one attached hydrogen (secondary N) is 1. The zero-order valence-electron chi connectivity index (χ0n) is 14.3. The molecular weight excluding hydrogens is 334 g/mol. The van der Waals surface area contributed by atoms with Gasteiger partial charge in [0.1, 0.15) is 0 Å². The summed E-state index contributed by atoms with van der Waals surface area (Å²) in [6.07, 6.45) is 1.74. The highest BCUT2D eigenvalue weighted by Gasteiger charge is 2.11. The van der Waals surface area contributed by atoms with E-state index in [0.717, 1.165) is 17.7 Å². The summed E-state index contributed by atoms with van der Waals surface area (Å²) in [4.78, 5) is 24.5. The minimum Gasteiger partial charge on any atom is -0.455 e. The maximum absolute atomic E-state index is 11.8. The number of ether oxygens (including phenoxy) is 1. The fourth-order valence-corrected chi connectivity index (χ4v) is 2.98. The second kappa shape index (κ2) is 10.6. The molecule has 132 valence electrons. The SMILES string of the molecule is C[C@@H](CCc1ccccc1)NC(=O)COC(=O)CSc1ccccc1. The van der Waals surface area contributed by atoms with Gasteiger partial charge in [-0.2, -0.15) is 0 Å². The molecule has 0 saturated carbocycles. The Morgan fingerprint density at radius 2 is 1.68 bits per heavy atom. The van der Waals surface area contributed by atoms with Crippen LogP contribution in [-0.2, 0) is 20.7 Å². The fourth-order valence-electron chi connectivity index (χ4n) is 2.26. The third-order valence-corrected chi connectivity index (χ3v) is 4.57. The number of amides is 1. The molecule has 5 heteroatoms. The van der Waals surface area contributed by atoms with Crippen molar-refractivity contribution < 1.29 is 14.3 Å². The molecule has 25 heavy (non-hydrogen) atoms. The number of esters is 1. The van der Waals surface area contributed by atoms with Crippen molar-refractivity contribution in [3.8, 4) is 0 Å². The highest BCUT2D eigenvalue weighted by molar-refractivity contribution is 8.00. The first-order valence-electron chi connectivity index (χ1n) is 8.30. The van der Waals surface area contributed by atoms with Gasteiger partial charge in [-0.05, 0) is 37.5 Å². The van der Waals surface area contributed by atoms with Gasteiger partial charge in [-0.3, -0.25) is 9.59 Å². The summed E-state index contributed by atoms with van der Waals surface area (Å²) in [5, 5.41) is 2.86. The van der Waals surface area contributed by atoms with Gasteiger partial charge < -0.3 is 10.1 Å². The topological polar surface area (TPSA) is 55.4 Å². The molecule has 0 spiro atoms. The van der Waals surface area contributed by atoms with Gasteiger partial charge in [0.25, 0.3) is 5.91 Å². The van der Waals surface area contributed by atoms with Crippen molar-refractivity contribution in [2.75, 3.05) is 12.4 Å². The maximum atomic E-state index is 11.8. The molecule has 1 amide bonds. The Morgan fingerprint density at radius 3 is 2.36 bits per heavy atom. The van der Waals surface area contributed by atoms with Gasteiger partial charge in [-0.15, -0.1) is 11.8 Å². The van der Waals surface area contributed by atoms with Crippen LogP contribution in [0.25, 0.3) is 0 Å². The Balaban J connectivity index is 1.60. The number of rotatable bonds is 9. The molecular formula is C20H23NO3S. The molecule has 1 N–H and O–H groups in total. The average Bonchev–Trinajstić information content (AvgIpc) is 2.65. The number of hydrogen-bond acceptors (Lipinski definition) is 4. The summed E-state index contributed by atoms with van der Waals surface area (Å²) >= 11 is 1.39. The van der Waals surface area contributed by atoms with E-state index in [-0.39, 0.29) is 30.3 Å². The van der Waals surface area contributed by atoms with Crippen molar-refractivity contribution >= 4 is 23.6 Å². The summed E-state index contributed by atoms with van der Waals surface area (Å²) in [6, 6.07) is 19.8. The Morgan fingerprint density at radius 1 is 1.04 bits per heavy atom. The van der Waals surface area contributed by atoms with E-state index < -0.39 is 0 Å². The molecule has 0 fully saturated rings. The second-order valence-corrected chi connectivity index (χ2v) is 6.80. The quantitative estimate of drug-likeness (QED) is 0.552. The van der Waals surface area contributed by atoms with Crippen molar-refractivity contribution in [1.29, 1.82) is 0 Å². The predicted molar refractivity (Wildman–Crippen MR) is 100 cm³/mol. The highest BCUT2D eigenvalue weighted by atomic mass is 32.2. The van der Waals surface area contributed by atoms with Crippen LogP contribution in [0.4, 0.5) is 0 Å². The maximum Gasteiger partial charge on any atom is 0.316 e. The van der Waals surface area contributed by atoms with Gasteiger partial charge in [-0.1, -0.05) is 48.5 Å². The third-order valence-electron chi connectivity index (χ3n) is 3.58. The first kappa shape index (κ1) is 19.1. The molecule has 0 bridgehead atoms. The van der Waals surface area contributed by atoms with E-state index in [0.29, 0.717) is 0 Å². The molecule has 2 aromatic rings. The number of thioether (sulfide) groups is 1. The molecule has 0 aliphatic carbocycles. The van der Waals surface area contributed by atoms with Gasteiger partial charge in [-0.25, -0.2) is 0 Å². The second-order valence-electron chi connectivity index (χ2n) is 5.76. The van der Waals surface area contributed by atoms with Crippen LogP contribution in [0.2, 0.25) is 0 Å². The molecule has 0 aromatic heterocycles. The minimum atomic E-state index is -0.388. The van der Waals surface area contributed by atoms with Crippen molar-refractivity contribution in [3.05, 3.63) is 66.2 Å². The Hall–Kier alpha value is -2.27. The number of benzene rings is 2. The van der Waals surface area contributed by atoms with E-state index >= 15 is 0 Å². The van der Waals surface area contributed by atoms with Crippen molar-refractivity contribution in [1.82, 2.24) is 5.32 Å². The van der Waals surface area contributed by atoms with Crippen LogP contribution < -0.4 is 5.32 Å². The minimum absolute atomic E-state index is 0.0325. The van der Waals surface area contributed by atoms with E-state index in [9.17, 15) is 9.59 Å². The van der Waals surface area contributed by atoms with Crippen LogP contribution in [0.1, 0.15) is 18.9 Å². The summed E-state index contributed by atoms with van der Waals surface area (Å²) in [6.45, 7) is 1.72. The number of aryl methyl sites for hydroxylation is 1. The first-order valence-corrected chi connectivity index (χ1v) is 9.29. The van der Waals surface area contributed by atoms with E-state index in [1.807, 2.05) is 55.5 Å². The van der Waals surface area contributed by atoms with Crippen LogP contribution in [-0.4, -0.2) is 30.3 Å². The van der Waals surface area contributed by atoms with Gasteiger partial charge in [0.2, 0.25) is 0 Å². The van der Waals surface area contributed by atoms with Crippen LogP contribution in [0.5, 0.6) is 0 Å². The smallest absolute Gasteiger partial charge is 0.316 e. The monoisotopic (exact) mass is 357 g/mol. The Labute approximate surface area is 153 Å². The van der Waals surface area contributed by atoms with E-state index in [1.165, 1.54) is 17.3 Å². The predicted octanol–water partition coefficient (Wildman–Crippen LogP) is 3.46. The molecule has 0 aliphatic heterocycles. The summed E-state index contributed by atoms with van der Waals surface area (Å²) in [7, 11) is 0. The molecule has 0 unspecified atom stereocenters. The normalized spacial score (nSPS) is 11.6. The molecule has 2 rings (SSSR count). The Bertz CT molecular complexity index is 661. The molecule has 1 atom stereocenters. The van der Waals surface area contributed by atoms with Crippen LogP contribution in [0.15, 0.2) is 65.6 Å². The highest BCUT2D eigenvalue weighted by Crippen LogP contribution is 2.16. The molecule has 0 saturated heterocycles. The lowest BCUT2D eigenvalue weighted by Crippen LogP contribution is -2.36. The summed E-state index contributed by atoms with van der Waals surface area (Å²) in [5.41, 5.74) is 1.24. The van der Waals surface area contributed by atoms with Crippen LogP contribution >= 0.6 is 11.8 Å². The van der Waals surface area contributed by atoms with Gasteiger partial charge >= 0.3 is 5.97 Å². The lowest BCUT2D eigenvalue weighted by Gasteiger charge is -2.14. The number of carbonyl (C=O) groups excluding carboxylic acids is 2. The first-order chi connectivity index (χ1) is 12.1. The molecule has 4 nitrogen and oxygen atoms in total. The van der Waals surface area contributed by atoms with E-state index in [2.05, 4.69) is 17.4 Å². The van der Waals surface area contributed by atoms with Gasteiger partial charge in [0, 0.05) is 10.9 Å². The Kier molecular flexibility index (Phi) is 8.05. The van der Waals surface area contributed by atoms with Crippen LogP contribution in [0, 0.1) is 0 Å². The zero-order valence-corrected chi connectivity index (χ0v) is 15.1. The largest absolute Gasteiger partial charge is 0.455 e. The van der Waals surface area contributed by atoms with Gasteiger partial charge in [0.15, 0.2) is 6.61 Å². The number of hydrogen-bond donors (Lipinski definition) is 1. The lowest BCUT2D eigenvalue weighted by atomic mass is 10.1. The standard InChI is InChI=1S/C20H23NO3S/c1-16(12-13-17-8-4-2-5-9-17)21-19(22)14-24-20(23)15-25-18-10-6-3-7-11-18/h2-11,16H,12-15H2,1H3,(H,21,22)/t16-/m0/s1. The summed E-state index contributed by atoms with van der Waals surface area (Å²) < 4.78 is 5.02. The molecule has 0 radical (unpaired) electrons. The van der Waals surface area contributed by atoms with E-state index in [4.69, 9.17) is 4.74 Å². The molecule has 0 heterocycles. The fraction of sp³-hybridized carbons (Fsp3) is 0.300. The zero-order chi connectivity index (χ0) is 17.9. The van der Waals surface area contributed by atoms with E-state index in [1.54, 1.807) is 0 Å². The van der Waals surface area contributed by atoms with Gasteiger partial charge in [0.05, 0.1) is 5.75 Å². The average molecular weight is 357 g/mol. The molecule has 2 aromatic carbocycles. The summed E-state index contributed by atoms with van der Waals surface area (Å²) in [5.74, 6) is -0.458. The third kappa shape index (κ3) is 7.90. The number of carbonyl (C=O) groups is 2. The van der Waals surface area contributed by atoms with Crippen molar-refractivity contribution in [3.63, 3.8) is 0 Å². The van der Waals surface area contributed by atoms with Crippen LogP contribution in [0.3, 0.4) is 0 Å². The molecule has 0 aliphatic rings. The lowest BCUT2D eigenvalue weighted by molar-refractivity contribution is -0.146. The van der Waals surface area contributed by atoms with Crippen molar-refractivity contribution in [2.45, 2.75) is 30.7 Å².